The first kappa shape index (κ1) is 22.0. The summed E-state index contributed by atoms with van der Waals surface area (Å²) >= 11 is 5.81. The summed E-state index contributed by atoms with van der Waals surface area (Å²) in [5.74, 6) is -0.437. The minimum Gasteiger partial charge on any atom is -0.484 e. The maximum absolute atomic E-state index is 13.2. The highest BCUT2D eigenvalue weighted by atomic mass is 35.5. The molecule has 30 heavy (non-hydrogen) atoms. The molecule has 1 heterocycles. The van der Waals surface area contributed by atoms with Gasteiger partial charge in [0.05, 0.1) is 11.1 Å². The van der Waals surface area contributed by atoms with Crippen LogP contribution in [0.15, 0.2) is 48.5 Å². The minimum atomic E-state index is -4.61. The van der Waals surface area contributed by atoms with Gasteiger partial charge in [-0.15, -0.1) is 0 Å². The van der Waals surface area contributed by atoms with Crippen LogP contribution in [0.4, 0.5) is 13.2 Å². The molecule has 0 atom stereocenters. The zero-order chi connectivity index (χ0) is 21.7. The molecule has 0 unspecified atom stereocenters. The van der Waals surface area contributed by atoms with E-state index in [2.05, 4.69) is 0 Å². The van der Waals surface area contributed by atoms with Crippen molar-refractivity contribution < 1.29 is 27.5 Å². The highest BCUT2D eigenvalue weighted by molar-refractivity contribution is 6.30. The third kappa shape index (κ3) is 5.44. The lowest BCUT2D eigenvalue weighted by Gasteiger charge is -2.23. The summed E-state index contributed by atoms with van der Waals surface area (Å²) in [5, 5.41) is 0.554. The molecule has 2 amide bonds. The van der Waals surface area contributed by atoms with Gasteiger partial charge in [-0.2, -0.15) is 13.2 Å². The molecule has 0 aliphatic carbocycles. The lowest BCUT2D eigenvalue weighted by atomic mass is 10.1. The number of halogens is 4. The Balaban J connectivity index is 1.60. The van der Waals surface area contributed by atoms with Gasteiger partial charge < -0.3 is 14.5 Å². The Labute approximate surface area is 177 Å². The monoisotopic (exact) mass is 440 g/mol. The smallest absolute Gasteiger partial charge is 0.417 e. The van der Waals surface area contributed by atoms with Crippen molar-refractivity contribution in [2.75, 3.05) is 32.8 Å². The molecule has 0 aromatic heterocycles. The Morgan fingerprint density at radius 2 is 1.57 bits per heavy atom. The molecule has 3 rings (SSSR count). The topological polar surface area (TPSA) is 49.9 Å². The van der Waals surface area contributed by atoms with Crippen LogP contribution in [0.25, 0.3) is 0 Å². The second-order valence-corrected chi connectivity index (χ2v) is 7.25. The van der Waals surface area contributed by atoms with Crippen molar-refractivity contribution in [3.8, 4) is 5.75 Å². The minimum absolute atomic E-state index is 0.151. The fourth-order valence-electron chi connectivity index (χ4n) is 3.22. The van der Waals surface area contributed by atoms with Crippen LogP contribution < -0.4 is 4.74 Å². The zero-order valence-electron chi connectivity index (χ0n) is 16.0. The molecule has 1 aliphatic rings. The van der Waals surface area contributed by atoms with E-state index >= 15 is 0 Å². The predicted molar refractivity (Wildman–Crippen MR) is 105 cm³/mol. The molecule has 1 saturated heterocycles. The molecule has 0 N–H and O–H groups in total. The SMILES string of the molecule is O=C(COc1ccc(Cl)cc1)N1CCCN(C(=O)c2ccccc2C(F)(F)F)CC1. The number of nitrogens with zero attached hydrogens (tertiary/aromatic N) is 2. The van der Waals surface area contributed by atoms with E-state index in [-0.39, 0.29) is 37.7 Å². The predicted octanol–water partition coefficient (Wildman–Crippen LogP) is 4.11. The second-order valence-electron chi connectivity index (χ2n) is 6.81. The van der Waals surface area contributed by atoms with Crippen LogP contribution in [0, 0.1) is 0 Å². The number of ether oxygens (including phenoxy) is 1. The van der Waals surface area contributed by atoms with Crippen molar-refractivity contribution in [3.63, 3.8) is 0 Å². The molecule has 9 heteroatoms. The number of benzene rings is 2. The van der Waals surface area contributed by atoms with Gasteiger partial charge in [0.1, 0.15) is 5.75 Å². The number of hydrogen-bond acceptors (Lipinski definition) is 3. The molecule has 1 fully saturated rings. The molecule has 1 aliphatic heterocycles. The highest BCUT2D eigenvalue weighted by Crippen LogP contribution is 2.32. The summed E-state index contributed by atoms with van der Waals surface area (Å²) in [6.07, 6.45) is -4.15. The maximum Gasteiger partial charge on any atom is 0.417 e. The van der Waals surface area contributed by atoms with Crippen molar-refractivity contribution in [1.29, 1.82) is 0 Å². The van der Waals surface area contributed by atoms with Crippen LogP contribution >= 0.6 is 11.6 Å². The number of rotatable bonds is 4. The lowest BCUT2D eigenvalue weighted by Crippen LogP contribution is -2.39. The van der Waals surface area contributed by atoms with Gasteiger partial charge in [-0.3, -0.25) is 9.59 Å². The van der Waals surface area contributed by atoms with Gasteiger partial charge in [0.15, 0.2) is 6.61 Å². The fraction of sp³-hybridized carbons (Fsp3) is 0.333. The molecule has 0 radical (unpaired) electrons. The summed E-state index contributed by atoms with van der Waals surface area (Å²) in [6, 6.07) is 11.3. The summed E-state index contributed by atoms with van der Waals surface area (Å²) < 4.78 is 45.1. The number of alkyl halides is 3. The van der Waals surface area contributed by atoms with Crippen LogP contribution in [0.2, 0.25) is 5.02 Å². The van der Waals surface area contributed by atoms with E-state index in [0.717, 1.165) is 6.07 Å². The van der Waals surface area contributed by atoms with Gasteiger partial charge in [-0.1, -0.05) is 23.7 Å². The Bertz CT molecular complexity index is 903. The largest absolute Gasteiger partial charge is 0.484 e. The highest BCUT2D eigenvalue weighted by Gasteiger charge is 2.36. The lowest BCUT2D eigenvalue weighted by molar-refractivity contribution is -0.138. The van der Waals surface area contributed by atoms with E-state index < -0.39 is 17.6 Å². The van der Waals surface area contributed by atoms with E-state index in [1.165, 1.54) is 23.1 Å². The molecule has 2 aromatic carbocycles. The quantitative estimate of drug-likeness (QED) is 0.719. The van der Waals surface area contributed by atoms with E-state index in [4.69, 9.17) is 16.3 Å². The van der Waals surface area contributed by atoms with Crippen molar-refractivity contribution in [2.45, 2.75) is 12.6 Å². The van der Waals surface area contributed by atoms with E-state index in [0.29, 0.717) is 23.7 Å². The van der Waals surface area contributed by atoms with Gasteiger partial charge in [-0.25, -0.2) is 0 Å². The summed E-state index contributed by atoms with van der Waals surface area (Å²) in [6.45, 7) is 0.868. The summed E-state index contributed by atoms with van der Waals surface area (Å²) in [5.41, 5.74) is -1.33. The maximum atomic E-state index is 13.2. The van der Waals surface area contributed by atoms with Crippen molar-refractivity contribution in [1.82, 2.24) is 9.80 Å². The molecule has 5 nitrogen and oxygen atoms in total. The number of amides is 2. The van der Waals surface area contributed by atoms with Crippen molar-refractivity contribution in [2.24, 2.45) is 0 Å². The van der Waals surface area contributed by atoms with Crippen LogP contribution in [-0.2, 0) is 11.0 Å². The molecule has 2 aromatic rings. The van der Waals surface area contributed by atoms with Crippen molar-refractivity contribution >= 4 is 23.4 Å². The average molecular weight is 441 g/mol. The summed E-state index contributed by atoms with van der Waals surface area (Å²) in [4.78, 5) is 28.1. The Morgan fingerprint density at radius 3 is 2.27 bits per heavy atom. The number of hydrogen-bond donors (Lipinski definition) is 0. The molecular weight excluding hydrogens is 421 g/mol. The molecule has 0 saturated carbocycles. The van der Waals surface area contributed by atoms with Gasteiger partial charge in [0.2, 0.25) is 0 Å². The molecule has 0 bridgehead atoms. The number of carbonyl (C=O) groups excluding carboxylic acids is 2. The molecular formula is C21H20ClF3N2O3. The van der Waals surface area contributed by atoms with Gasteiger partial charge in [0, 0.05) is 31.2 Å². The number of carbonyl (C=O) groups is 2. The van der Waals surface area contributed by atoms with E-state index in [1.54, 1.807) is 29.2 Å². The Morgan fingerprint density at radius 1 is 0.933 bits per heavy atom. The Hall–Kier alpha value is -2.74. The fourth-order valence-corrected chi connectivity index (χ4v) is 3.35. The summed E-state index contributed by atoms with van der Waals surface area (Å²) in [7, 11) is 0. The Kier molecular flexibility index (Phi) is 6.87. The van der Waals surface area contributed by atoms with Gasteiger partial charge in [0.25, 0.3) is 11.8 Å². The average Bonchev–Trinajstić information content (AvgIpc) is 2.98. The first-order valence-electron chi connectivity index (χ1n) is 9.37. The normalized spacial score (nSPS) is 14.9. The first-order valence-corrected chi connectivity index (χ1v) is 9.75. The standard InChI is InChI=1S/C21H20ClF3N2O3/c22-15-6-8-16(9-7-15)30-14-19(28)26-10-3-11-27(13-12-26)20(29)17-4-1-2-5-18(17)21(23,24)25/h1-2,4-9H,3,10-14H2. The van der Waals surface area contributed by atoms with Crippen LogP contribution in [-0.4, -0.2) is 54.4 Å². The van der Waals surface area contributed by atoms with E-state index in [1.807, 2.05) is 0 Å². The van der Waals surface area contributed by atoms with E-state index in [9.17, 15) is 22.8 Å². The molecule has 160 valence electrons. The first-order chi connectivity index (χ1) is 14.3. The molecule has 0 spiro atoms. The third-order valence-electron chi connectivity index (χ3n) is 4.77. The van der Waals surface area contributed by atoms with Crippen LogP contribution in [0.3, 0.4) is 0 Å². The third-order valence-corrected chi connectivity index (χ3v) is 5.03. The van der Waals surface area contributed by atoms with Gasteiger partial charge >= 0.3 is 6.18 Å². The van der Waals surface area contributed by atoms with Crippen molar-refractivity contribution in [3.05, 3.63) is 64.7 Å². The second kappa shape index (κ2) is 9.38. The van der Waals surface area contributed by atoms with Gasteiger partial charge in [-0.05, 0) is 42.8 Å². The van der Waals surface area contributed by atoms with Crippen LogP contribution in [0.1, 0.15) is 22.3 Å². The van der Waals surface area contributed by atoms with Crippen LogP contribution in [0.5, 0.6) is 5.75 Å². The zero-order valence-corrected chi connectivity index (χ0v) is 16.7.